The fourth-order valence-corrected chi connectivity index (χ4v) is 1.64. The van der Waals surface area contributed by atoms with E-state index in [2.05, 4.69) is 0 Å². The van der Waals surface area contributed by atoms with Crippen LogP contribution in [0.15, 0.2) is 18.2 Å². The summed E-state index contributed by atoms with van der Waals surface area (Å²) in [6.07, 6.45) is 1.81. The number of unbranched alkanes of at least 4 members (excludes halogenated alkanes) is 1. The van der Waals surface area contributed by atoms with Crippen LogP contribution in [-0.4, -0.2) is 29.3 Å². The summed E-state index contributed by atoms with van der Waals surface area (Å²) in [6, 6.07) is 4.39. The summed E-state index contributed by atoms with van der Waals surface area (Å²) in [5.41, 5.74) is 5.28. The highest BCUT2D eigenvalue weighted by Crippen LogP contribution is 2.26. The third-order valence-corrected chi connectivity index (χ3v) is 2.67. The molecule has 1 aromatic carbocycles. The Morgan fingerprint density at radius 1 is 1.50 bits per heavy atom. The number of nitrogen functional groups attached to an aromatic ring is 1. The molecule has 2 N–H and O–H groups in total. The van der Waals surface area contributed by atoms with Gasteiger partial charge in [0.25, 0.3) is 5.91 Å². The summed E-state index contributed by atoms with van der Waals surface area (Å²) in [5, 5.41) is 10.9. The highest BCUT2D eigenvalue weighted by Gasteiger charge is 2.24. The Morgan fingerprint density at radius 2 is 2.17 bits per heavy atom. The summed E-state index contributed by atoms with van der Waals surface area (Å²) < 4.78 is 0. The fraction of sp³-hybridized carbons (Fsp3) is 0.417. The van der Waals surface area contributed by atoms with Gasteiger partial charge in [-0.2, -0.15) is 0 Å². The minimum atomic E-state index is -0.615. The van der Waals surface area contributed by atoms with Gasteiger partial charge >= 0.3 is 5.69 Å². The Bertz CT molecular complexity index is 460. The van der Waals surface area contributed by atoms with Crippen LogP contribution >= 0.6 is 0 Å². The van der Waals surface area contributed by atoms with Gasteiger partial charge in [-0.05, 0) is 18.6 Å². The second-order valence-corrected chi connectivity index (χ2v) is 4.08. The lowest BCUT2D eigenvalue weighted by atomic mass is 10.1. The van der Waals surface area contributed by atoms with Gasteiger partial charge in [0.05, 0.1) is 4.92 Å². The maximum atomic E-state index is 12.1. The molecule has 1 rings (SSSR count). The van der Waals surface area contributed by atoms with E-state index >= 15 is 0 Å². The minimum absolute atomic E-state index is 0.00902. The molecule has 6 heteroatoms. The molecule has 1 aromatic rings. The molecule has 0 heterocycles. The lowest BCUT2D eigenvalue weighted by molar-refractivity contribution is -0.384. The van der Waals surface area contributed by atoms with E-state index in [0.29, 0.717) is 6.54 Å². The van der Waals surface area contributed by atoms with Gasteiger partial charge in [-0.1, -0.05) is 19.4 Å². The lowest BCUT2D eigenvalue weighted by Gasteiger charge is -2.16. The van der Waals surface area contributed by atoms with Crippen molar-refractivity contribution in [2.45, 2.75) is 19.8 Å². The Labute approximate surface area is 106 Å². The Hall–Kier alpha value is -2.11. The van der Waals surface area contributed by atoms with Crippen LogP contribution in [0, 0.1) is 10.1 Å². The van der Waals surface area contributed by atoms with Crippen molar-refractivity contribution >= 4 is 17.3 Å². The van der Waals surface area contributed by atoms with E-state index < -0.39 is 4.92 Å². The number of nitro groups is 1. The summed E-state index contributed by atoms with van der Waals surface area (Å²) >= 11 is 0. The molecule has 98 valence electrons. The average Bonchev–Trinajstić information content (AvgIpc) is 2.34. The van der Waals surface area contributed by atoms with Gasteiger partial charge < -0.3 is 10.6 Å². The first-order valence-corrected chi connectivity index (χ1v) is 5.77. The number of para-hydroxylation sites is 1. The summed E-state index contributed by atoms with van der Waals surface area (Å²) in [6.45, 7) is 2.59. The minimum Gasteiger partial charge on any atom is -0.393 e. The third-order valence-electron chi connectivity index (χ3n) is 2.67. The predicted molar refractivity (Wildman–Crippen MR) is 69.4 cm³/mol. The van der Waals surface area contributed by atoms with Gasteiger partial charge in [0.15, 0.2) is 0 Å². The molecule has 0 unspecified atom stereocenters. The van der Waals surface area contributed by atoms with Crippen LogP contribution in [0.2, 0.25) is 0 Å². The second-order valence-electron chi connectivity index (χ2n) is 4.08. The monoisotopic (exact) mass is 251 g/mol. The van der Waals surface area contributed by atoms with Crippen molar-refractivity contribution in [3.8, 4) is 0 Å². The molecular weight excluding hydrogens is 234 g/mol. The highest BCUT2D eigenvalue weighted by molar-refractivity contribution is 6.00. The van der Waals surface area contributed by atoms with Gasteiger partial charge in [0, 0.05) is 13.6 Å². The number of hydrogen-bond acceptors (Lipinski definition) is 4. The summed E-state index contributed by atoms with van der Waals surface area (Å²) in [4.78, 5) is 23.9. The molecule has 0 aromatic heterocycles. The Balaban J connectivity index is 3.05. The molecule has 0 spiro atoms. The zero-order chi connectivity index (χ0) is 13.7. The van der Waals surface area contributed by atoms with Crippen LogP contribution < -0.4 is 5.73 Å². The topological polar surface area (TPSA) is 89.5 Å². The molecule has 0 aliphatic carbocycles. The van der Waals surface area contributed by atoms with Gasteiger partial charge in [0.2, 0.25) is 0 Å². The molecule has 0 bridgehead atoms. The van der Waals surface area contributed by atoms with E-state index in [4.69, 9.17) is 5.73 Å². The van der Waals surface area contributed by atoms with E-state index in [9.17, 15) is 14.9 Å². The van der Waals surface area contributed by atoms with Crippen molar-refractivity contribution in [3.05, 3.63) is 33.9 Å². The molecule has 0 saturated heterocycles. The zero-order valence-corrected chi connectivity index (χ0v) is 10.5. The SMILES string of the molecule is CCCCN(C)C(=O)c1cccc(N)c1[N+](=O)[O-]. The first kappa shape index (κ1) is 14.0. The molecule has 18 heavy (non-hydrogen) atoms. The fourth-order valence-electron chi connectivity index (χ4n) is 1.64. The highest BCUT2D eigenvalue weighted by atomic mass is 16.6. The second kappa shape index (κ2) is 6.00. The molecular formula is C12H17N3O3. The molecule has 0 atom stereocenters. The summed E-state index contributed by atoms with van der Waals surface area (Å²) in [7, 11) is 1.63. The van der Waals surface area contributed by atoms with Crippen molar-refractivity contribution in [3.63, 3.8) is 0 Å². The van der Waals surface area contributed by atoms with Gasteiger partial charge in [-0.25, -0.2) is 0 Å². The number of nitrogens with two attached hydrogens (primary N) is 1. The largest absolute Gasteiger partial charge is 0.393 e. The van der Waals surface area contributed by atoms with Gasteiger partial charge in [-0.15, -0.1) is 0 Å². The van der Waals surface area contributed by atoms with Crippen LogP contribution in [0.3, 0.4) is 0 Å². The molecule has 6 nitrogen and oxygen atoms in total. The molecule has 1 amide bonds. The van der Waals surface area contributed by atoms with E-state index in [0.717, 1.165) is 12.8 Å². The number of nitro benzene ring substituents is 1. The Kier molecular flexibility index (Phi) is 4.65. The molecule has 0 fully saturated rings. The molecule has 0 aliphatic heterocycles. The average molecular weight is 251 g/mol. The first-order chi connectivity index (χ1) is 8.49. The molecule has 0 saturated carbocycles. The van der Waals surface area contributed by atoms with Gasteiger partial charge in [0.1, 0.15) is 11.3 Å². The van der Waals surface area contributed by atoms with E-state index in [1.165, 1.54) is 17.0 Å². The van der Waals surface area contributed by atoms with Crippen molar-refractivity contribution in [2.24, 2.45) is 0 Å². The molecule has 0 aliphatic rings. The Morgan fingerprint density at radius 3 is 2.72 bits per heavy atom. The number of nitrogens with zero attached hydrogens (tertiary/aromatic N) is 2. The maximum Gasteiger partial charge on any atom is 0.304 e. The van der Waals surface area contributed by atoms with E-state index in [1.54, 1.807) is 13.1 Å². The van der Waals surface area contributed by atoms with Crippen LogP contribution in [0.25, 0.3) is 0 Å². The normalized spacial score (nSPS) is 10.1. The van der Waals surface area contributed by atoms with Crippen LogP contribution in [0.1, 0.15) is 30.1 Å². The third kappa shape index (κ3) is 2.97. The van der Waals surface area contributed by atoms with Crippen molar-refractivity contribution in [2.75, 3.05) is 19.3 Å². The number of hydrogen-bond donors (Lipinski definition) is 1. The van der Waals surface area contributed by atoms with E-state index in [1.807, 2.05) is 6.92 Å². The van der Waals surface area contributed by atoms with Crippen LogP contribution in [0.5, 0.6) is 0 Å². The van der Waals surface area contributed by atoms with Crippen molar-refractivity contribution in [1.82, 2.24) is 4.90 Å². The number of anilines is 1. The standard InChI is InChI=1S/C12H17N3O3/c1-3-4-8-14(2)12(16)9-6-5-7-10(13)11(9)15(17)18/h5-7H,3-4,8,13H2,1-2H3. The number of carbonyl (C=O) groups excluding carboxylic acids is 1. The number of benzene rings is 1. The van der Waals surface area contributed by atoms with Crippen LogP contribution in [-0.2, 0) is 0 Å². The van der Waals surface area contributed by atoms with Crippen molar-refractivity contribution < 1.29 is 9.72 Å². The summed E-state index contributed by atoms with van der Waals surface area (Å²) in [5.74, 6) is -0.373. The van der Waals surface area contributed by atoms with Crippen molar-refractivity contribution in [1.29, 1.82) is 0 Å². The maximum absolute atomic E-state index is 12.1. The van der Waals surface area contributed by atoms with Gasteiger partial charge in [-0.3, -0.25) is 14.9 Å². The van der Waals surface area contributed by atoms with E-state index in [-0.39, 0.29) is 22.8 Å². The smallest absolute Gasteiger partial charge is 0.304 e. The predicted octanol–water partition coefficient (Wildman–Crippen LogP) is 2.05. The number of rotatable bonds is 5. The number of carbonyl (C=O) groups is 1. The number of amides is 1. The van der Waals surface area contributed by atoms with Crippen LogP contribution in [0.4, 0.5) is 11.4 Å². The quantitative estimate of drug-likeness (QED) is 0.492. The zero-order valence-electron chi connectivity index (χ0n) is 10.5. The first-order valence-electron chi connectivity index (χ1n) is 5.77. The molecule has 0 radical (unpaired) electrons. The lowest BCUT2D eigenvalue weighted by Crippen LogP contribution is -2.28.